The van der Waals surface area contributed by atoms with Gasteiger partial charge in [-0.15, -0.1) is 0 Å². The molecule has 1 amide bonds. The van der Waals surface area contributed by atoms with Gasteiger partial charge in [0, 0.05) is 22.9 Å². The van der Waals surface area contributed by atoms with Gasteiger partial charge in [-0.25, -0.2) is 4.79 Å². The molecule has 9 nitrogen and oxygen atoms in total. The Bertz CT molecular complexity index is 1040. The number of aliphatic hydroxyl groups is 2. The molecule has 186 valence electrons. The van der Waals surface area contributed by atoms with Crippen LogP contribution in [0, 0.1) is 5.41 Å². The third-order valence-corrected chi connectivity index (χ3v) is 7.47. The number of ether oxygens (including phenoxy) is 2. The van der Waals surface area contributed by atoms with Gasteiger partial charge in [-0.1, -0.05) is 32.0 Å². The van der Waals surface area contributed by atoms with Crippen LogP contribution in [0.3, 0.4) is 0 Å². The van der Waals surface area contributed by atoms with Crippen molar-refractivity contribution in [3.8, 4) is 0 Å². The molecule has 0 saturated carbocycles. The second kappa shape index (κ2) is 10.6. The summed E-state index contributed by atoms with van der Waals surface area (Å²) in [5, 5.41) is 23.7. The average molecular weight is 492 g/mol. The normalized spacial score (nSPS) is 23.1. The number of benzene rings is 1. The number of hydrogen-bond donors (Lipinski definition) is 3. The Labute approximate surface area is 203 Å². The van der Waals surface area contributed by atoms with Gasteiger partial charge in [0.1, 0.15) is 24.1 Å². The van der Waals surface area contributed by atoms with Crippen molar-refractivity contribution in [1.82, 2.24) is 9.55 Å². The topological polar surface area (TPSA) is 123 Å². The first-order valence-corrected chi connectivity index (χ1v) is 12.5. The summed E-state index contributed by atoms with van der Waals surface area (Å²) >= 11 is 1.73. The average Bonchev–Trinajstić information content (AvgIpc) is 3.07. The maximum atomic E-state index is 12.6. The summed E-state index contributed by atoms with van der Waals surface area (Å²) in [6.07, 6.45) is -1.15. The van der Waals surface area contributed by atoms with E-state index in [1.807, 2.05) is 20.1 Å². The Hall–Kier alpha value is -2.24. The largest absolute Gasteiger partial charge is 0.387 e. The fourth-order valence-corrected chi connectivity index (χ4v) is 4.64. The fraction of sp³-hybridized carbons (Fsp3) is 0.542. The summed E-state index contributed by atoms with van der Waals surface area (Å²) in [5.74, 6) is 0.552. The highest BCUT2D eigenvalue weighted by Crippen LogP contribution is 2.37. The highest BCUT2D eigenvalue weighted by atomic mass is 32.2. The molecule has 1 fully saturated rings. The van der Waals surface area contributed by atoms with Gasteiger partial charge >= 0.3 is 5.69 Å². The standard InChI is InChI=1S/C24H33N3O6S/c1-23(2,14-34-5)24(3,4)32-13-16-18(28)19(29)21(33-16)27-12-11-17(26-22(27)31)25-20(30)15-9-7-6-8-10-15/h6-12,16,18-19,21,28-29H,13-14H2,1-5H3,(H,25,26,30,31)/t16-,18+,19?,21-/m1/s1. The summed E-state index contributed by atoms with van der Waals surface area (Å²) < 4.78 is 13.0. The van der Waals surface area contributed by atoms with Crippen molar-refractivity contribution in [3.63, 3.8) is 0 Å². The molecule has 1 saturated heterocycles. The Morgan fingerprint density at radius 3 is 2.47 bits per heavy atom. The van der Waals surface area contributed by atoms with Crippen molar-refractivity contribution in [1.29, 1.82) is 0 Å². The second-order valence-corrected chi connectivity index (χ2v) is 10.4. The molecule has 0 spiro atoms. The molecular formula is C24H33N3O6S. The van der Waals surface area contributed by atoms with Crippen LogP contribution in [-0.2, 0) is 9.47 Å². The lowest BCUT2D eigenvalue weighted by Crippen LogP contribution is -2.46. The number of carbonyl (C=O) groups excluding carboxylic acids is 1. The number of nitrogens with one attached hydrogen (secondary N) is 1. The zero-order chi connectivity index (χ0) is 25.1. The van der Waals surface area contributed by atoms with Crippen molar-refractivity contribution in [2.75, 3.05) is 23.9 Å². The van der Waals surface area contributed by atoms with Crippen LogP contribution in [-0.4, -0.2) is 68.2 Å². The molecule has 4 atom stereocenters. The lowest BCUT2D eigenvalue weighted by atomic mass is 9.79. The minimum absolute atomic E-state index is 0.0485. The summed E-state index contributed by atoms with van der Waals surface area (Å²) in [7, 11) is 0. The van der Waals surface area contributed by atoms with Gasteiger partial charge < -0.3 is 25.0 Å². The quantitative estimate of drug-likeness (QED) is 0.488. The number of thioether (sulfide) groups is 1. The molecule has 0 aliphatic carbocycles. The molecule has 2 aromatic rings. The highest BCUT2D eigenvalue weighted by molar-refractivity contribution is 7.98. The molecule has 2 heterocycles. The lowest BCUT2D eigenvalue weighted by Gasteiger charge is -2.41. The van der Waals surface area contributed by atoms with Crippen LogP contribution in [0.5, 0.6) is 0 Å². The summed E-state index contributed by atoms with van der Waals surface area (Å²) in [6, 6.07) is 9.98. The lowest BCUT2D eigenvalue weighted by molar-refractivity contribution is -0.138. The molecule has 34 heavy (non-hydrogen) atoms. The minimum atomic E-state index is -1.35. The maximum absolute atomic E-state index is 12.6. The molecule has 10 heteroatoms. The van der Waals surface area contributed by atoms with Crippen LogP contribution < -0.4 is 11.0 Å². The Balaban J connectivity index is 1.68. The van der Waals surface area contributed by atoms with Crippen LogP contribution in [0.1, 0.15) is 44.3 Å². The first kappa shape index (κ1) is 26.4. The van der Waals surface area contributed by atoms with Crippen LogP contribution in [0.25, 0.3) is 0 Å². The Kier molecular flexibility index (Phi) is 8.20. The van der Waals surface area contributed by atoms with E-state index in [1.165, 1.54) is 12.3 Å². The zero-order valence-corrected chi connectivity index (χ0v) is 20.9. The smallest absolute Gasteiger partial charge is 0.351 e. The highest BCUT2D eigenvalue weighted by Gasteiger charge is 2.46. The molecule has 1 aromatic carbocycles. The van der Waals surface area contributed by atoms with Crippen molar-refractivity contribution in [2.24, 2.45) is 5.41 Å². The molecular weight excluding hydrogens is 458 g/mol. The third kappa shape index (κ3) is 5.69. The molecule has 1 aromatic heterocycles. The van der Waals surface area contributed by atoms with E-state index in [0.717, 1.165) is 10.3 Å². The van der Waals surface area contributed by atoms with Crippen molar-refractivity contribution < 1.29 is 24.5 Å². The van der Waals surface area contributed by atoms with Gasteiger partial charge in [0.25, 0.3) is 5.91 Å². The van der Waals surface area contributed by atoms with Crippen LogP contribution in [0.4, 0.5) is 5.82 Å². The third-order valence-electron chi connectivity index (χ3n) is 6.46. The molecule has 3 N–H and O–H groups in total. The number of hydrogen-bond acceptors (Lipinski definition) is 8. The van der Waals surface area contributed by atoms with Crippen molar-refractivity contribution in [2.45, 2.75) is 57.8 Å². The van der Waals surface area contributed by atoms with Gasteiger partial charge in [-0.3, -0.25) is 9.36 Å². The Morgan fingerprint density at radius 1 is 1.18 bits per heavy atom. The van der Waals surface area contributed by atoms with E-state index in [1.54, 1.807) is 42.1 Å². The fourth-order valence-electron chi connectivity index (χ4n) is 3.57. The van der Waals surface area contributed by atoms with Crippen LogP contribution in [0.2, 0.25) is 0 Å². The molecule has 0 radical (unpaired) electrons. The molecule has 3 rings (SSSR count). The Morgan fingerprint density at radius 2 is 1.85 bits per heavy atom. The van der Waals surface area contributed by atoms with E-state index < -0.39 is 41.7 Å². The van der Waals surface area contributed by atoms with E-state index in [2.05, 4.69) is 24.1 Å². The molecule has 0 bridgehead atoms. The number of aliphatic hydroxyl groups excluding tert-OH is 2. The predicted octanol–water partition coefficient (Wildman–Crippen LogP) is 2.30. The predicted molar refractivity (Wildman–Crippen MR) is 131 cm³/mol. The van der Waals surface area contributed by atoms with Gasteiger partial charge in [0.05, 0.1) is 12.2 Å². The summed E-state index contributed by atoms with van der Waals surface area (Å²) in [5.41, 5.74) is -0.962. The number of amides is 1. The molecule has 1 aliphatic rings. The first-order chi connectivity index (χ1) is 16.0. The SMILES string of the molecule is CSCC(C)(C)C(C)(C)OC[C@H]1O[C@@H](n2ccc(NC(=O)c3ccccc3)nc2=O)C(O)[C@H]1O. The van der Waals surface area contributed by atoms with E-state index in [4.69, 9.17) is 9.47 Å². The van der Waals surface area contributed by atoms with Crippen molar-refractivity contribution in [3.05, 3.63) is 58.6 Å². The number of rotatable bonds is 9. The van der Waals surface area contributed by atoms with Crippen LogP contribution >= 0.6 is 11.8 Å². The van der Waals surface area contributed by atoms with Gasteiger partial charge in [0.15, 0.2) is 6.23 Å². The van der Waals surface area contributed by atoms with E-state index in [0.29, 0.717) is 5.56 Å². The number of carbonyl (C=O) groups is 1. The van der Waals surface area contributed by atoms with Crippen molar-refractivity contribution >= 4 is 23.5 Å². The minimum Gasteiger partial charge on any atom is -0.387 e. The number of anilines is 1. The van der Waals surface area contributed by atoms with Gasteiger partial charge in [-0.05, 0) is 38.3 Å². The van der Waals surface area contributed by atoms with E-state index >= 15 is 0 Å². The van der Waals surface area contributed by atoms with Crippen LogP contribution in [0.15, 0.2) is 47.4 Å². The molecule has 1 unspecified atom stereocenters. The van der Waals surface area contributed by atoms with E-state index in [9.17, 15) is 19.8 Å². The number of aromatic nitrogens is 2. The summed E-state index contributed by atoms with van der Waals surface area (Å²) in [4.78, 5) is 28.8. The second-order valence-electron chi connectivity index (χ2n) is 9.51. The molecule has 1 aliphatic heterocycles. The zero-order valence-electron chi connectivity index (χ0n) is 20.1. The summed E-state index contributed by atoms with van der Waals surface area (Å²) in [6.45, 7) is 8.23. The first-order valence-electron chi connectivity index (χ1n) is 11.1. The maximum Gasteiger partial charge on any atom is 0.351 e. The van der Waals surface area contributed by atoms with E-state index in [-0.39, 0.29) is 17.8 Å². The van der Waals surface area contributed by atoms with Gasteiger partial charge in [0.2, 0.25) is 0 Å². The monoisotopic (exact) mass is 491 g/mol. The number of nitrogens with zero attached hydrogens (tertiary/aromatic N) is 2. The van der Waals surface area contributed by atoms with Gasteiger partial charge in [-0.2, -0.15) is 16.7 Å².